The topological polar surface area (TPSA) is 76.8 Å². The number of thiazole rings is 1. The third kappa shape index (κ3) is 4.51. The summed E-state index contributed by atoms with van der Waals surface area (Å²) in [6.45, 7) is 5.61. The van der Waals surface area contributed by atoms with Crippen LogP contribution in [0.3, 0.4) is 0 Å². The fourth-order valence-electron chi connectivity index (χ4n) is 3.13. The smallest absolute Gasteiger partial charge is 0.230 e. The summed E-state index contributed by atoms with van der Waals surface area (Å²) in [5.41, 5.74) is 3.92. The Kier molecular flexibility index (Phi) is 5.85. The molecule has 31 heavy (non-hydrogen) atoms. The average molecular weight is 437 g/mol. The quantitative estimate of drug-likeness (QED) is 0.444. The Morgan fingerprint density at radius 2 is 1.97 bits per heavy atom. The van der Waals surface area contributed by atoms with Gasteiger partial charge in [-0.3, -0.25) is 9.69 Å². The van der Waals surface area contributed by atoms with E-state index >= 15 is 0 Å². The van der Waals surface area contributed by atoms with Gasteiger partial charge in [-0.15, -0.1) is 21.5 Å². The number of benzene rings is 2. The first-order valence-electron chi connectivity index (χ1n) is 9.83. The molecular weight excluding hydrogens is 415 g/mol. The van der Waals surface area contributed by atoms with Crippen LogP contribution in [0.2, 0.25) is 0 Å². The van der Waals surface area contributed by atoms with Gasteiger partial charge in [0.15, 0.2) is 5.13 Å². The van der Waals surface area contributed by atoms with Crippen LogP contribution in [0.5, 0.6) is 0 Å². The number of aryl methyl sites for hydroxylation is 2. The molecule has 0 aliphatic carbocycles. The molecule has 0 aliphatic rings. The average Bonchev–Trinajstić information content (AvgIpc) is 3.41. The van der Waals surface area contributed by atoms with Crippen molar-refractivity contribution in [2.24, 2.45) is 0 Å². The van der Waals surface area contributed by atoms with Gasteiger partial charge in [0.05, 0.1) is 11.4 Å². The van der Waals surface area contributed by atoms with Crippen LogP contribution in [0, 0.1) is 12.7 Å². The maximum atomic E-state index is 13.5. The molecule has 0 radical (unpaired) electrons. The van der Waals surface area contributed by atoms with Crippen molar-refractivity contribution in [1.82, 2.24) is 25.2 Å². The van der Waals surface area contributed by atoms with Gasteiger partial charge in [-0.1, -0.05) is 19.1 Å². The lowest BCUT2D eigenvalue weighted by Gasteiger charge is -2.18. The molecule has 0 atom stereocenters. The third-order valence-electron chi connectivity index (χ3n) is 4.82. The minimum Gasteiger partial charge on any atom is -0.274 e. The number of anilines is 2. The minimum absolute atomic E-state index is 0.113. The maximum Gasteiger partial charge on any atom is 0.230 e. The summed E-state index contributed by atoms with van der Waals surface area (Å²) in [5.74, 6) is 0.0310. The minimum atomic E-state index is -0.273. The number of amides is 1. The Bertz CT molecular complexity index is 1220. The van der Waals surface area contributed by atoms with Crippen LogP contribution < -0.4 is 4.90 Å². The summed E-state index contributed by atoms with van der Waals surface area (Å²) in [6.07, 6.45) is 0.937. The molecule has 0 spiro atoms. The number of tetrazole rings is 1. The summed E-state index contributed by atoms with van der Waals surface area (Å²) in [4.78, 5) is 19.9. The molecule has 2 heterocycles. The molecule has 4 rings (SSSR count). The van der Waals surface area contributed by atoms with Crippen LogP contribution in [0.25, 0.3) is 11.4 Å². The van der Waals surface area contributed by atoms with E-state index < -0.39 is 0 Å². The molecule has 0 saturated heterocycles. The molecule has 7 nitrogen and oxygen atoms in total. The van der Waals surface area contributed by atoms with Gasteiger partial charge < -0.3 is 0 Å². The van der Waals surface area contributed by atoms with E-state index in [4.69, 9.17) is 0 Å². The third-order valence-corrected chi connectivity index (χ3v) is 5.70. The summed E-state index contributed by atoms with van der Waals surface area (Å²) in [7, 11) is 0. The number of carbonyl (C=O) groups excluding carboxylic acids is 1. The molecule has 9 heteroatoms. The van der Waals surface area contributed by atoms with Gasteiger partial charge >= 0.3 is 0 Å². The Labute approximate surface area is 183 Å². The molecule has 1 amide bonds. The van der Waals surface area contributed by atoms with E-state index in [1.165, 1.54) is 34.7 Å². The van der Waals surface area contributed by atoms with Crippen molar-refractivity contribution >= 4 is 28.1 Å². The second-order valence-electron chi connectivity index (χ2n) is 7.10. The van der Waals surface area contributed by atoms with Crippen LogP contribution in [-0.4, -0.2) is 31.1 Å². The van der Waals surface area contributed by atoms with Crippen molar-refractivity contribution in [1.29, 1.82) is 0 Å². The van der Waals surface area contributed by atoms with Gasteiger partial charge in [-0.05, 0) is 60.0 Å². The summed E-state index contributed by atoms with van der Waals surface area (Å²) < 4.78 is 13.5. The van der Waals surface area contributed by atoms with Crippen LogP contribution in [0.1, 0.15) is 30.7 Å². The van der Waals surface area contributed by atoms with Crippen molar-refractivity contribution in [3.63, 3.8) is 0 Å². The second kappa shape index (κ2) is 8.73. The van der Waals surface area contributed by atoms with Crippen LogP contribution in [0.15, 0.2) is 47.8 Å². The van der Waals surface area contributed by atoms with E-state index in [2.05, 4.69) is 27.3 Å². The molecule has 0 fully saturated rings. The van der Waals surface area contributed by atoms with Crippen molar-refractivity contribution < 1.29 is 9.18 Å². The van der Waals surface area contributed by atoms with Crippen molar-refractivity contribution in [3.8, 4) is 11.4 Å². The predicted octanol–water partition coefficient (Wildman–Crippen LogP) is 4.54. The summed E-state index contributed by atoms with van der Waals surface area (Å²) in [5, 5.41) is 15.0. The molecule has 2 aromatic heterocycles. The highest BCUT2D eigenvalue weighted by atomic mass is 32.1. The van der Waals surface area contributed by atoms with Gasteiger partial charge in [0.25, 0.3) is 0 Å². The molecule has 158 valence electrons. The zero-order valence-electron chi connectivity index (χ0n) is 17.4. The van der Waals surface area contributed by atoms with E-state index in [9.17, 15) is 9.18 Å². The van der Waals surface area contributed by atoms with Gasteiger partial charge in [0.1, 0.15) is 12.4 Å². The fourth-order valence-corrected chi connectivity index (χ4v) is 4.01. The molecule has 0 aliphatic heterocycles. The SMILES string of the molecule is CCc1ccc(N(C(C)=O)c2nc(Cn3nnc(-c4ccc(F)c(C)c4)n3)cs2)cc1. The number of halogens is 1. The lowest BCUT2D eigenvalue weighted by Crippen LogP contribution is -2.22. The predicted molar refractivity (Wildman–Crippen MR) is 118 cm³/mol. The summed E-state index contributed by atoms with van der Waals surface area (Å²) in [6, 6.07) is 12.6. The molecular formula is C22H21FN6OS. The monoisotopic (exact) mass is 436 g/mol. The summed E-state index contributed by atoms with van der Waals surface area (Å²) >= 11 is 1.38. The first-order valence-corrected chi connectivity index (χ1v) is 10.7. The lowest BCUT2D eigenvalue weighted by molar-refractivity contribution is -0.115. The zero-order chi connectivity index (χ0) is 22.0. The highest BCUT2D eigenvalue weighted by Gasteiger charge is 2.18. The number of hydrogen-bond acceptors (Lipinski definition) is 6. The first kappa shape index (κ1) is 20.8. The Morgan fingerprint density at radius 1 is 1.19 bits per heavy atom. The van der Waals surface area contributed by atoms with Gasteiger partial charge in [0, 0.05) is 17.9 Å². The Balaban J connectivity index is 1.53. The molecule has 0 unspecified atom stereocenters. The first-order chi connectivity index (χ1) is 14.9. The van der Waals surface area contributed by atoms with E-state index in [0.717, 1.165) is 17.8 Å². The van der Waals surface area contributed by atoms with Gasteiger partial charge in [-0.2, -0.15) is 4.80 Å². The van der Waals surface area contributed by atoms with Crippen molar-refractivity contribution in [2.75, 3.05) is 4.90 Å². The molecule has 0 saturated carbocycles. The van der Waals surface area contributed by atoms with E-state index in [1.807, 2.05) is 29.6 Å². The highest BCUT2D eigenvalue weighted by molar-refractivity contribution is 7.14. The number of nitrogens with zero attached hydrogens (tertiary/aromatic N) is 6. The largest absolute Gasteiger partial charge is 0.274 e. The normalized spacial score (nSPS) is 11.0. The van der Waals surface area contributed by atoms with E-state index in [-0.39, 0.29) is 11.7 Å². The Morgan fingerprint density at radius 3 is 2.65 bits per heavy atom. The second-order valence-corrected chi connectivity index (χ2v) is 7.94. The van der Waals surface area contributed by atoms with Crippen LogP contribution in [0.4, 0.5) is 15.2 Å². The van der Waals surface area contributed by atoms with Crippen molar-refractivity contribution in [3.05, 3.63) is 70.5 Å². The van der Waals surface area contributed by atoms with Gasteiger partial charge in [0.2, 0.25) is 11.7 Å². The standard InChI is InChI=1S/C22H21FN6OS/c1-4-16-5-8-19(9-6-16)29(15(3)30)22-24-18(13-31-22)12-28-26-21(25-27-28)17-7-10-20(23)14(2)11-17/h5-11,13H,4,12H2,1-3H3. The molecule has 4 aromatic rings. The maximum absolute atomic E-state index is 13.5. The molecule has 2 aromatic carbocycles. The Hall–Kier alpha value is -3.46. The van der Waals surface area contributed by atoms with E-state index in [0.29, 0.717) is 28.6 Å². The van der Waals surface area contributed by atoms with Crippen molar-refractivity contribution in [2.45, 2.75) is 33.7 Å². The number of rotatable bonds is 6. The molecule has 0 bridgehead atoms. The number of carbonyl (C=O) groups is 1. The molecule has 0 N–H and O–H groups in total. The van der Waals surface area contributed by atoms with E-state index in [1.54, 1.807) is 24.0 Å². The fraction of sp³-hybridized carbons (Fsp3) is 0.227. The highest BCUT2D eigenvalue weighted by Crippen LogP contribution is 2.29. The zero-order valence-corrected chi connectivity index (χ0v) is 18.2. The number of aromatic nitrogens is 5. The van der Waals surface area contributed by atoms with Gasteiger partial charge in [-0.25, -0.2) is 9.37 Å². The number of hydrogen-bond donors (Lipinski definition) is 0. The van der Waals surface area contributed by atoms with Crippen LogP contribution >= 0.6 is 11.3 Å². The lowest BCUT2D eigenvalue weighted by atomic mass is 10.1. The van der Waals surface area contributed by atoms with Crippen LogP contribution in [-0.2, 0) is 17.8 Å².